The van der Waals surface area contributed by atoms with Gasteiger partial charge in [-0.25, -0.2) is 10.5 Å². The van der Waals surface area contributed by atoms with E-state index < -0.39 is 5.91 Å². The van der Waals surface area contributed by atoms with E-state index >= 15 is 0 Å². The van der Waals surface area contributed by atoms with Crippen molar-refractivity contribution >= 4 is 18.0 Å². The Labute approximate surface area is 116 Å². The molecule has 108 valence electrons. The summed E-state index contributed by atoms with van der Waals surface area (Å²) in [6.45, 7) is 4.45. The molecule has 0 spiro atoms. The smallest absolute Gasteiger partial charge is 0.278 e. The van der Waals surface area contributed by atoms with Crippen LogP contribution in [-0.4, -0.2) is 54.4 Å². The molecule has 1 aliphatic carbocycles. The summed E-state index contributed by atoms with van der Waals surface area (Å²) in [5.74, 6) is -1.12. The van der Waals surface area contributed by atoms with E-state index in [1.54, 1.807) is 6.34 Å². The maximum Gasteiger partial charge on any atom is 0.278 e. The van der Waals surface area contributed by atoms with Crippen molar-refractivity contribution in [3.8, 4) is 0 Å². The average Bonchev–Trinajstić information content (AvgIpc) is 2.46. The van der Waals surface area contributed by atoms with E-state index in [2.05, 4.69) is 4.99 Å². The Morgan fingerprint density at radius 3 is 3.10 bits per heavy atom. The lowest BCUT2D eigenvalue weighted by Crippen LogP contribution is -2.34. The molecule has 0 aromatic rings. The third-order valence-electron chi connectivity index (χ3n) is 3.14. The fourth-order valence-electron chi connectivity index (χ4n) is 2.09. The molecule has 7 nitrogen and oxygen atoms in total. The summed E-state index contributed by atoms with van der Waals surface area (Å²) in [5, 5.41) is 8.63. The number of rotatable bonds is 5. The van der Waals surface area contributed by atoms with Gasteiger partial charge in [-0.2, -0.15) is 0 Å². The SMILES string of the molecule is CCOCCN1C=NC2=C(C=C(C(=O)NO)C(=O)C2)C1. The maximum atomic E-state index is 11.8. The van der Waals surface area contributed by atoms with Gasteiger partial charge in [-0.15, -0.1) is 0 Å². The summed E-state index contributed by atoms with van der Waals surface area (Å²) in [6.07, 6.45) is 3.28. The van der Waals surface area contributed by atoms with Crippen molar-refractivity contribution in [1.82, 2.24) is 10.4 Å². The predicted octanol–water partition coefficient (Wildman–Crippen LogP) is 0.0255. The number of hydrogen-bond acceptors (Lipinski definition) is 6. The highest BCUT2D eigenvalue weighted by molar-refractivity contribution is 6.20. The normalized spacial score (nSPS) is 18.0. The van der Waals surface area contributed by atoms with Crippen LogP contribution in [0.3, 0.4) is 0 Å². The van der Waals surface area contributed by atoms with Crippen molar-refractivity contribution in [1.29, 1.82) is 0 Å². The van der Waals surface area contributed by atoms with Crippen LogP contribution in [0, 0.1) is 0 Å². The Bertz CT molecular complexity index is 508. The van der Waals surface area contributed by atoms with Crippen molar-refractivity contribution in [3.63, 3.8) is 0 Å². The Kier molecular flexibility index (Phi) is 4.65. The molecule has 0 unspecified atom stereocenters. The highest BCUT2D eigenvalue weighted by Gasteiger charge is 2.27. The maximum absolute atomic E-state index is 11.8. The fraction of sp³-hybridized carbons (Fsp3) is 0.462. The number of hydrogen-bond donors (Lipinski definition) is 2. The highest BCUT2D eigenvalue weighted by atomic mass is 16.5. The largest absolute Gasteiger partial charge is 0.380 e. The lowest BCUT2D eigenvalue weighted by molar-refractivity contribution is -0.128. The number of carbonyl (C=O) groups excluding carboxylic acids is 2. The average molecular weight is 279 g/mol. The molecular formula is C13H17N3O4. The van der Waals surface area contributed by atoms with Crippen LogP contribution in [-0.2, 0) is 14.3 Å². The Hall–Kier alpha value is -1.99. The number of nitrogens with zero attached hydrogens (tertiary/aromatic N) is 2. The first-order valence-corrected chi connectivity index (χ1v) is 6.43. The Morgan fingerprint density at radius 1 is 1.60 bits per heavy atom. The zero-order valence-corrected chi connectivity index (χ0v) is 11.3. The molecule has 0 aromatic heterocycles. The summed E-state index contributed by atoms with van der Waals surface area (Å²) in [4.78, 5) is 29.4. The molecule has 1 heterocycles. The van der Waals surface area contributed by atoms with Gasteiger partial charge in [0.1, 0.15) is 0 Å². The van der Waals surface area contributed by atoms with Gasteiger partial charge < -0.3 is 9.64 Å². The van der Waals surface area contributed by atoms with Gasteiger partial charge >= 0.3 is 0 Å². The van der Waals surface area contributed by atoms with Crippen LogP contribution in [0.2, 0.25) is 0 Å². The molecule has 0 saturated carbocycles. The van der Waals surface area contributed by atoms with Gasteiger partial charge in [-0.1, -0.05) is 0 Å². The van der Waals surface area contributed by atoms with E-state index in [1.807, 2.05) is 11.8 Å². The topological polar surface area (TPSA) is 91.2 Å². The molecule has 1 aliphatic heterocycles. The van der Waals surface area contributed by atoms with Crippen LogP contribution in [0.4, 0.5) is 0 Å². The van der Waals surface area contributed by atoms with Gasteiger partial charge in [0.15, 0.2) is 5.78 Å². The first-order chi connectivity index (χ1) is 9.65. The minimum Gasteiger partial charge on any atom is -0.380 e. The lowest BCUT2D eigenvalue weighted by atomic mass is 9.94. The number of nitrogens with one attached hydrogen (secondary N) is 1. The minimum atomic E-state index is -0.781. The number of allylic oxidation sites excluding steroid dienone is 1. The summed E-state index contributed by atoms with van der Waals surface area (Å²) in [7, 11) is 0. The predicted molar refractivity (Wildman–Crippen MR) is 71.2 cm³/mol. The zero-order chi connectivity index (χ0) is 14.5. The molecule has 0 atom stereocenters. The first-order valence-electron chi connectivity index (χ1n) is 6.43. The molecule has 0 radical (unpaired) electrons. The second-order valence-corrected chi connectivity index (χ2v) is 4.48. The van der Waals surface area contributed by atoms with Crippen LogP contribution in [0.15, 0.2) is 27.9 Å². The van der Waals surface area contributed by atoms with Crippen LogP contribution < -0.4 is 5.48 Å². The molecule has 7 heteroatoms. The van der Waals surface area contributed by atoms with Crippen LogP contribution in [0.1, 0.15) is 13.3 Å². The van der Waals surface area contributed by atoms with Crippen LogP contribution in [0.25, 0.3) is 0 Å². The number of ether oxygens (including phenoxy) is 1. The fourth-order valence-corrected chi connectivity index (χ4v) is 2.09. The second kappa shape index (κ2) is 6.44. The number of Topliss-reactive ketones (excluding diaryl/α,β-unsaturated/α-hetero) is 1. The quantitative estimate of drug-likeness (QED) is 0.320. The van der Waals surface area contributed by atoms with Gasteiger partial charge in [-0.3, -0.25) is 14.8 Å². The van der Waals surface area contributed by atoms with Crippen molar-refractivity contribution in [2.24, 2.45) is 4.99 Å². The third kappa shape index (κ3) is 3.12. The number of hydroxylamine groups is 1. The molecular weight excluding hydrogens is 262 g/mol. The van der Waals surface area contributed by atoms with Crippen molar-refractivity contribution in [3.05, 3.63) is 22.9 Å². The van der Waals surface area contributed by atoms with E-state index in [0.29, 0.717) is 32.0 Å². The number of carbonyl (C=O) groups is 2. The van der Waals surface area contributed by atoms with Crippen LogP contribution >= 0.6 is 0 Å². The number of aliphatic imine (C=N–C) groups is 1. The van der Waals surface area contributed by atoms with E-state index in [1.165, 1.54) is 11.6 Å². The molecule has 2 N–H and O–H groups in total. The molecule has 0 fully saturated rings. The molecule has 1 amide bonds. The van der Waals surface area contributed by atoms with Gasteiger partial charge in [0.05, 0.1) is 30.6 Å². The summed E-state index contributed by atoms with van der Waals surface area (Å²) in [5.41, 5.74) is 2.96. The van der Waals surface area contributed by atoms with Gasteiger partial charge in [-0.05, 0) is 18.6 Å². The van der Waals surface area contributed by atoms with E-state index in [4.69, 9.17) is 9.94 Å². The standard InChI is InChI=1S/C13H17N3O4/c1-2-20-4-3-16-7-9-5-10(13(18)15-19)12(17)6-11(9)14-8-16/h5,8,19H,2-4,6-7H2,1H3,(H,15,18). The second-order valence-electron chi connectivity index (χ2n) is 4.48. The minimum absolute atomic E-state index is 0.0342. The first kappa shape index (κ1) is 14.4. The van der Waals surface area contributed by atoms with Gasteiger partial charge in [0.2, 0.25) is 0 Å². The number of amides is 1. The zero-order valence-electron chi connectivity index (χ0n) is 11.3. The molecule has 0 bridgehead atoms. The monoisotopic (exact) mass is 279 g/mol. The summed E-state index contributed by atoms with van der Waals surface area (Å²) >= 11 is 0. The summed E-state index contributed by atoms with van der Waals surface area (Å²) in [6, 6.07) is 0. The van der Waals surface area contributed by atoms with Crippen LogP contribution in [0.5, 0.6) is 0 Å². The van der Waals surface area contributed by atoms with Crippen molar-refractivity contribution in [2.45, 2.75) is 13.3 Å². The Morgan fingerprint density at radius 2 is 2.40 bits per heavy atom. The van der Waals surface area contributed by atoms with Gasteiger partial charge in [0.25, 0.3) is 5.91 Å². The molecule has 2 aliphatic rings. The lowest BCUT2D eigenvalue weighted by Gasteiger charge is -2.27. The third-order valence-corrected chi connectivity index (χ3v) is 3.14. The Balaban J connectivity index is 2.08. The van der Waals surface area contributed by atoms with Crippen molar-refractivity contribution in [2.75, 3.05) is 26.3 Å². The van der Waals surface area contributed by atoms with Gasteiger partial charge in [0, 0.05) is 19.7 Å². The van der Waals surface area contributed by atoms with E-state index in [-0.39, 0.29) is 17.8 Å². The molecule has 2 rings (SSSR count). The molecule has 0 aromatic carbocycles. The molecule has 20 heavy (non-hydrogen) atoms. The number of ketones is 1. The summed E-state index contributed by atoms with van der Waals surface area (Å²) < 4.78 is 5.28. The van der Waals surface area contributed by atoms with E-state index in [0.717, 1.165) is 5.57 Å². The van der Waals surface area contributed by atoms with E-state index in [9.17, 15) is 9.59 Å². The van der Waals surface area contributed by atoms with Crippen molar-refractivity contribution < 1.29 is 19.5 Å². The molecule has 0 saturated heterocycles. The highest BCUT2D eigenvalue weighted by Crippen LogP contribution is 2.25.